The van der Waals surface area contributed by atoms with E-state index in [9.17, 15) is 20.0 Å². The summed E-state index contributed by atoms with van der Waals surface area (Å²) in [6.45, 7) is 0.151. The summed E-state index contributed by atoms with van der Waals surface area (Å²) in [7, 11) is 2.92. The fourth-order valence-corrected chi connectivity index (χ4v) is 4.81. The van der Waals surface area contributed by atoms with Crippen LogP contribution in [0.15, 0.2) is 41.3 Å². The zero-order valence-electron chi connectivity index (χ0n) is 18.1. The number of methoxy groups -OCH3 is 2. The molecule has 2 aromatic carbocycles. The SMILES string of the molecule is COCCC(C(=O)O)c1c(-c2cc(C#N)cc3c2-c2c(Cl)cccc2C3)c(OC)c[nH]c1=O. The maximum Gasteiger partial charge on any atom is 0.311 e. The van der Waals surface area contributed by atoms with Crippen LogP contribution in [0.5, 0.6) is 5.75 Å². The Balaban J connectivity index is 2.12. The van der Waals surface area contributed by atoms with Gasteiger partial charge in [0, 0.05) is 41.6 Å². The van der Waals surface area contributed by atoms with Gasteiger partial charge in [-0.1, -0.05) is 23.7 Å². The molecule has 0 bridgehead atoms. The van der Waals surface area contributed by atoms with Crippen molar-refractivity contribution in [2.75, 3.05) is 20.8 Å². The van der Waals surface area contributed by atoms with Crippen molar-refractivity contribution in [2.45, 2.75) is 18.8 Å². The zero-order valence-corrected chi connectivity index (χ0v) is 18.8. The number of halogens is 1. The lowest BCUT2D eigenvalue weighted by Gasteiger charge is -2.21. The van der Waals surface area contributed by atoms with E-state index in [1.54, 1.807) is 18.2 Å². The number of pyridine rings is 1. The summed E-state index contributed by atoms with van der Waals surface area (Å²) >= 11 is 6.58. The first kappa shape index (κ1) is 22.6. The number of nitrogens with one attached hydrogen (secondary N) is 1. The molecule has 7 nitrogen and oxygen atoms in total. The number of aliphatic carboxylic acids is 1. The van der Waals surface area contributed by atoms with Gasteiger partial charge >= 0.3 is 5.97 Å². The van der Waals surface area contributed by atoms with E-state index in [0.717, 1.165) is 22.3 Å². The van der Waals surface area contributed by atoms with Gasteiger partial charge in [0.1, 0.15) is 5.75 Å². The highest BCUT2D eigenvalue weighted by atomic mass is 35.5. The zero-order chi connectivity index (χ0) is 23.7. The van der Waals surface area contributed by atoms with Crippen molar-refractivity contribution in [3.63, 3.8) is 0 Å². The maximum absolute atomic E-state index is 13.1. The third kappa shape index (κ3) is 3.88. The molecule has 33 heavy (non-hydrogen) atoms. The number of H-pyrrole nitrogens is 1. The van der Waals surface area contributed by atoms with Crippen molar-refractivity contribution < 1.29 is 19.4 Å². The summed E-state index contributed by atoms with van der Waals surface area (Å²) < 4.78 is 10.7. The largest absolute Gasteiger partial charge is 0.495 e. The second kappa shape index (κ2) is 9.10. The molecular weight excluding hydrogens is 444 g/mol. The Morgan fingerprint density at radius 3 is 2.70 bits per heavy atom. The molecule has 0 saturated carbocycles. The fourth-order valence-electron chi connectivity index (χ4n) is 4.53. The minimum atomic E-state index is -1.15. The lowest BCUT2D eigenvalue weighted by molar-refractivity contribution is -0.139. The van der Waals surface area contributed by atoms with Gasteiger partial charge in [-0.15, -0.1) is 0 Å². The third-order valence-electron chi connectivity index (χ3n) is 5.92. The Morgan fingerprint density at radius 2 is 2.03 bits per heavy atom. The molecule has 8 heteroatoms. The van der Waals surface area contributed by atoms with Gasteiger partial charge in [0.25, 0.3) is 5.56 Å². The summed E-state index contributed by atoms with van der Waals surface area (Å²) in [4.78, 5) is 27.9. The van der Waals surface area contributed by atoms with Crippen LogP contribution in [-0.2, 0) is 16.0 Å². The second-order valence-corrected chi connectivity index (χ2v) is 8.17. The number of carboxylic acid groups (broad SMARTS) is 1. The van der Waals surface area contributed by atoms with E-state index in [2.05, 4.69) is 11.1 Å². The summed E-state index contributed by atoms with van der Waals surface area (Å²) in [6, 6.07) is 11.2. The number of rotatable bonds is 7. The minimum absolute atomic E-state index is 0.0525. The normalized spacial score (nSPS) is 12.5. The number of aromatic amines is 1. The number of nitrogens with zero attached hydrogens (tertiary/aromatic N) is 1. The summed E-state index contributed by atoms with van der Waals surface area (Å²) in [5, 5.41) is 20.2. The molecule has 0 aliphatic heterocycles. The molecular formula is C25H21ClN2O5. The first-order valence-corrected chi connectivity index (χ1v) is 10.7. The van der Waals surface area contributed by atoms with Crippen LogP contribution < -0.4 is 10.3 Å². The Bertz CT molecular complexity index is 1360. The van der Waals surface area contributed by atoms with E-state index in [0.29, 0.717) is 33.9 Å². The number of fused-ring (bicyclic) bond motifs is 3. The van der Waals surface area contributed by atoms with Crippen molar-refractivity contribution in [2.24, 2.45) is 0 Å². The van der Waals surface area contributed by atoms with Crippen LogP contribution in [0.1, 0.15) is 34.6 Å². The van der Waals surface area contributed by atoms with Gasteiger partial charge in [0.05, 0.1) is 24.7 Å². The number of carboxylic acids is 1. The lowest BCUT2D eigenvalue weighted by atomic mass is 9.85. The predicted octanol–water partition coefficient (Wildman–Crippen LogP) is 4.35. The van der Waals surface area contributed by atoms with E-state index in [1.165, 1.54) is 20.4 Å². The average Bonchev–Trinajstić information content (AvgIpc) is 3.19. The number of hydrogen-bond donors (Lipinski definition) is 2. The highest BCUT2D eigenvalue weighted by Crippen LogP contribution is 2.49. The van der Waals surface area contributed by atoms with E-state index in [-0.39, 0.29) is 18.6 Å². The lowest BCUT2D eigenvalue weighted by Crippen LogP contribution is -2.24. The van der Waals surface area contributed by atoms with Gasteiger partial charge in [-0.3, -0.25) is 9.59 Å². The highest BCUT2D eigenvalue weighted by Gasteiger charge is 2.32. The number of carbonyl (C=O) groups is 1. The van der Waals surface area contributed by atoms with Crippen molar-refractivity contribution >= 4 is 17.6 Å². The van der Waals surface area contributed by atoms with Gasteiger partial charge < -0.3 is 19.6 Å². The van der Waals surface area contributed by atoms with Crippen LogP contribution in [-0.4, -0.2) is 36.9 Å². The van der Waals surface area contributed by atoms with Gasteiger partial charge in [-0.2, -0.15) is 5.26 Å². The van der Waals surface area contributed by atoms with Crippen molar-refractivity contribution in [3.8, 4) is 34.1 Å². The maximum atomic E-state index is 13.1. The molecule has 3 aromatic rings. The van der Waals surface area contributed by atoms with Crippen LogP contribution in [0.2, 0.25) is 5.02 Å². The Morgan fingerprint density at radius 1 is 1.24 bits per heavy atom. The molecule has 0 saturated heterocycles. The Labute approximate surface area is 195 Å². The molecule has 1 aliphatic carbocycles. The molecule has 4 rings (SSSR count). The van der Waals surface area contributed by atoms with Crippen LogP contribution in [0, 0.1) is 11.3 Å². The number of ether oxygens (including phenoxy) is 2. The molecule has 1 aliphatic rings. The Kier molecular flexibility index (Phi) is 6.23. The highest BCUT2D eigenvalue weighted by molar-refractivity contribution is 6.34. The van der Waals surface area contributed by atoms with Gasteiger partial charge in [0.15, 0.2) is 0 Å². The van der Waals surface area contributed by atoms with Crippen molar-refractivity contribution in [1.82, 2.24) is 4.98 Å². The first-order valence-electron chi connectivity index (χ1n) is 10.3. The quantitative estimate of drug-likeness (QED) is 0.420. The summed E-state index contributed by atoms with van der Waals surface area (Å²) in [5.41, 5.74) is 4.24. The monoisotopic (exact) mass is 464 g/mol. The number of hydrogen-bond acceptors (Lipinski definition) is 5. The molecule has 0 fully saturated rings. The summed E-state index contributed by atoms with van der Waals surface area (Å²) in [5.74, 6) is -2.00. The topological polar surface area (TPSA) is 112 Å². The molecule has 1 aromatic heterocycles. The predicted molar refractivity (Wildman–Crippen MR) is 124 cm³/mol. The van der Waals surface area contributed by atoms with E-state index >= 15 is 0 Å². The van der Waals surface area contributed by atoms with Crippen LogP contribution in [0.4, 0.5) is 0 Å². The van der Waals surface area contributed by atoms with Crippen molar-refractivity contribution in [1.29, 1.82) is 5.26 Å². The second-order valence-electron chi connectivity index (χ2n) is 7.77. The van der Waals surface area contributed by atoms with Gasteiger partial charge in [-0.05, 0) is 53.3 Å². The smallest absolute Gasteiger partial charge is 0.311 e. The molecule has 0 radical (unpaired) electrons. The molecule has 0 amide bonds. The minimum Gasteiger partial charge on any atom is -0.495 e. The van der Waals surface area contributed by atoms with E-state index < -0.39 is 17.4 Å². The van der Waals surface area contributed by atoms with Crippen molar-refractivity contribution in [3.05, 3.63) is 74.2 Å². The summed E-state index contributed by atoms with van der Waals surface area (Å²) in [6.07, 6.45) is 2.07. The molecule has 2 N–H and O–H groups in total. The standard InChI is InChI=1S/C25H21ClN2O5/c1-32-7-6-16(25(30)31)23-22(19(33-2)12-28-24(23)29)17-9-13(11-27)8-15-10-14-4-3-5-18(26)21(14)20(15)17/h3-5,8-9,12,16H,6-7,10H2,1-2H3,(H,28,29)(H,30,31). The fraction of sp³-hybridized carbons (Fsp3) is 0.240. The van der Waals surface area contributed by atoms with Crippen LogP contribution in [0.25, 0.3) is 22.3 Å². The van der Waals surface area contributed by atoms with Gasteiger partial charge in [0.2, 0.25) is 0 Å². The average molecular weight is 465 g/mol. The molecule has 168 valence electrons. The molecule has 1 atom stereocenters. The van der Waals surface area contributed by atoms with E-state index in [4.69, 9.17) is 21.1 Å². The molecule has 1 unspecified atom stereocenters. The van der Waals surface area contributed by atoms with Crippen LogP contribution in [0.3, 0.4) is 0 Å². The Hall–Kier alpha value is -3.60. The number of nitriles is 1. The molecule has 0 spiro atoms. The van der Waals surface area contributed by atoms with Crippen LogP contribution >= 0.6 is 11.6 Å². The third-order valence-corrected chi connectivity index (χ3v) is 6.24. The van der Waals surface area contributed by atoms with Gasteiger partial charge in [-0.25, -0.2) is 0 Å². The number of benzene rings is 2. The van der Waals surface area contributed by atoms with E-state index in [1.807, 2.05) is 12.1 Å². The molecule has 1 heterocycles. The number of aromatic nitrogens is 1. The first-order chi connectivity index (χ1) is 15.9.